The summed E-state index contributed by atoms with van der Waals surface area (Å²) in [6.07, 6.45) is 17.3. The molecule has 6 rings (SSSR count). The maximum atomic E-state index is 14.0. The summed E-state index contributed by atoms with van der Waals surface area (Å²) in [7, 11) is 5.06. The molecule has 0 bridgehead atoms. The maximum absolute atomic E-state index is 14.0. The molecule has 0 N–H and O–H groups in total. The van der Waals surface area contributed by atoms with Gasteiger partial charge in [0.2, 0.25) is 0 Å². The molecule has 1 unspecified atom stereocenters. The Hall–Kier alpha value is -6.33. The molecule has 0 radical (unpaired) electrons. The lowest BCUT2D eigenvalue weighted by Crippen LogP contribution is -2.59. The van der Waals surface area contributed by atoms with Crippen LogP contribution in [0.1, 0.15) is 232 Å². The predicted octanol–water partition coefficient (Wildman–Crippen LogP) is 15.1. The Balaban J connectivity index is 0.921. The van der Waals surface area contributed by atoms with E-state index < -0.39 is 53.8 Å². The van der Waals surface area contributed by atoms with Crippen LogP contribution in [0.4, 0.5) is 0 Å². The average Bonchev–Trinajstić information content (AvgIpc) is 0.960. The molecule has 17 nitrogen and oxygen atoms in total. The van der Waals surface area contributed by atoms with Gasteiger partial charge in [0.1, 0.15) is 47.6 Å². The van der Waals surface area contributed by atoms with Crippen LogP contribution in [0.5, 0.6) is 17.2 Å². The molecule has 0 amide bonds. The fraction of sp³-hybridized carbons (Fsp3) is 0.671. The van der Waals surface area contributed by atoms with Crippen LogP contribution in [0.3, 0.4) is 0 Å². The highest BCUT2D eigenvalue weighted by atomic mass is 16.7. The summed E-state index contributed by atoms with van der Waals surface area (Å²) in [6.45, 7) is 10.6. The van der Waals surface area contributed by atoms with Crippen molar-refractivity contribution in [2.75, 3.05) is 47.8 Å². The van der Waals surface area contributed by atoms with Gasteiger partial charge in [-0.05, 0) is 192 Å². The quantitative estimate of drug-likeness (QED) is 0.0223. The van der Waals surface area contributed by atoms with Crippen molar-refractivity contribution in [3.8, 4) is 17.2 Å². The Labute approximate surface area is 554 Å². The third-order valence-electron chi connectivity index (χ3n) is 19.6. The van der Waals surface area contributed by atoms with Crippen molar-refractivity contribution in [2.24, 2.45) is 35.0 Å². The van der Waals surface area contributed by atoms with Gasteiger partial charge in [0, 0.05) is 70.8 Å². The molecule has 0 aromatic heterocycles. The number of hydrogen-bond donors (Lipinski definition) is 0. The van der Waals surface area contributed by atoms with Gasteiger partial charge < -0.3 is 47.4 Å². The smallest absolute Gasteiger partial charge is 0.305 e. The van der Waals surface area contributed by atoms with Crippen molar-refractivity contribution in [1.82, 2.24) is 0 Å². The molecule has 2 saturated carbocycles. The molecule has 3 aliphatic rings. The zero-order chi connectivity index (χ0) is 67.2. The van der Waals surface area contributed by atoms with Crippen LogP contribution in [0.25, 0.3) is 0 Å². The number of carbonyl (C=O) groups excluding carboxylic acids is 7. The number of methoxy groups -OCH3 is 3. The van der Waals surface area contributed by atoms with E-state index in [2.05, 4.69) is 43.3 Å². The van der Waals surface area contributed by atoms with Crippen molar-refractivity contribution in [3.05, 3.63) is 89.5 Å². The van der Waals surface area contributed by atoms with Crippen molar-refractivity contribution in [3.63, 3.8) is 0 Å². The molecule has 17 heteroatoms. The van der Waals surface area contributed by atoms with Crippen molar-refractivity contribution in [1.29, 1.82) is 0 Å². The molecular weight excluding hydrogens is 1180 g/mol. The third kappa shape index (κ3) is 24.7. The molecule has 1 aliphatic heterocycles. The topological polar surface area (TPSA) is 212 Å². The van der Waals surface area contributed by atoms with Gasteiger partial charge in [0.05, 0.1) is 40.5 Å². The van der Waals surface area contributed by atoms with E-state index in [1.54, 1.807) is 21.3 Å². The lowest BCUT2D eigenvalue weighted by Gasteiger charge is -2.45. The Kier molecular flexibility index (Phi) is 32.2. The summed E-state index contributed by atoms with van der Waals surface area (Å²) < 4.78 is 56.9. The molecule has 1 saturated heterocycles. The van der Waals surface area contributed by atoms with Crippen LogP contribution >= 0.6 is 0 Å². The zero-order valence-corrected chi connectivity index (χ0v) is 57.5. The largest absolute Gasteiger partial charge is 0.497 e. The number of benzene rings is 3. The van der Waals surface area contributed by atoms with Crippen LogP contribution in [-0.4, -0.2) is 114 Å². The first kappa shape index (κ1) is 75.7. The van der Waals surface area contributed by atoms with E-state index in [4.69, 9.17) is 47.4 Å². The molecule has 3 aromatic rings. The van der Waals surface area contributed by atoms with Crippen molar-refractivity contribution < 1.29 is 80.9 Å². The minimum Gasteiger partial charge on any atom is -0.497 e. The van der Waals surface area contributed by atoms with Crippen LogP contribution in [0, 0.1) is 35.0 Å². The first-order valence-electron chi connectivity index (χ1n) is 34.8. The van der Waals surface area contributed by atoms with Crippen LogP contribution in [-0.2, 0) is 72.1 Å². The molecule has 3 fully saturated rings. The normalized spacial score (nSPS) is 21.1. The van der Waals surface area contributed by atoms with Gasteiger partial charge in [0.15, 0.2) is 12.4 Å². The Morgan fingerprint density at radius 1 is 0.538 bits per heavy atom. The summed E-state index contributed by atoms with van der Waals surface area (Å²) in [5, 5.41) is 0. The Bertz CT molecular complexity index is 2630. The van der Waals surface area contributed by atoms with Gasteiger partial charge in [-0.1, -0.05) is 82.9 Å². The summed E-state index contributed by atoms with van der Waals surface area (Å²) in [5.74, 6) is 1.67. The second kappa shape index (κ2) is 39.5. The van der Waals surface area contributed by atoms with Crippen molar-refractivity contribution in [2.45, 2.75) is 245 Å². The van der Waals surface area contributed by atoms with Gasteiger partial charge in [0.25, 0.3) is 0 Å². The Morgan fingerprint density at radius 2 is 1.03 bits per heavy atom. The predicted molar refractivity (Wildman–Crippen MR) is 355 cm³/mol. The first-order valence-corrected chi connectivity index (χ1v) is 34.8. The van der Waals surface area contributed by atoms with E-state index in [0.29, 0.717) is 88.3 Å². The van der Waals surface area contributed by atoms with E-state index in [1.165, 1.54) is 52.9 Å². The molecule has 2 aliphatic carbocycles. The summed E-state index contributed by atoms with van der Waals surface area (Å²) in [4.78, 5) is 89.1. The van der Waals surface area contributed by atoms with E-state index in [9.17, 15) is 33.6 Å². The van der Waals surface area contributed by atoms with Gasteiger partial charge in [-0.3, -0.25) is 33.6 Å². The van der Waals surface area contributed by atoms with E-state index >= 15 is 0 Å². The Morgan fingerprint density at radius 3 is 1.53 bits per heavy atom. The van der Waals surface area contributed by atoms with E-state index in [0.717, 1.165) is 104 Å². The molecule has 6 atom stereocenters. The number of esters is 5. The SMILES string of the molecule is COc1ccc(C(CCC2(CCC(=O)CCC(C)CC3CCCC3)CCC(C(=O)CCCCCOC(=O)CCCCCOC(=O)CCCCO[C@@H]3O[C@@H](COC(C)=O)[C@@H](OC(C)=O)[C@H](OC(C)=O)[C@H]3CC(C)C)CC2)(c2ccc(OC)cc2)c2ccc(OC)cc2)cc1. The first-order chi connectivity index (χ1) is 44.8. The van der Waals surface area contributed by atoms with Crippen LogP contribution in [0.15, 0.2) is 72.8 Å². The lowest BCUT2D eigenvalue weighted by molar-refractivity contribution is -0.294. The molecular formula is C76H110O17. The number of unbranched alkanes of at least 4 members (excludes halogenated alkanes) is 5. The maximum Gasteiger partial charge on any atom is 0.305 e. The molecule has 3 aromatic carbocycles. The zero-order valence-electron chi connectivity index (χ0n) is 57.5. The van der Waals surface area contributed by atoms with Crippen LogP contribution < -0.4 is 14.2 Å². The minimum absolute atomic E-state index is 0.0210. The monoisotopic (exact) mass is 1290 g/mol. The fourth-order valence-electron chi connectivity index (χ4n) is 14.4. The molecule has 93 heavy (non-hydrogen) atoms. The van der Waals surface area contributed by atoms with Crippen LogP contribution in [0.2, 0.25) is 0 Å². The van der Waals surface area contributed by atoms with Gasteiger partial charge >= 0.3 is 29.8 Å². The van der Waals surface area contributed by atoms with Crippen molar-refractivity contribution >= 4 is 41.4 Å². The number of rotatable bonds is 42. The molecule has 1 heterocycles. The fourth-order valence-corrected chi connectivity index (χ4v) is 14.4. The average molecular weight is 1300 g/mol. The summed E-state index contributed by atoms with van der Waals surface area (Å²) in [6, 6.07) is 25.3. The highest BCUT2D eigenvalue weighted by Crippen LogP contribution is 2.52. The standard InChI is InChI=1S/C76H110O17/c1-53(2)50-67-72(91-56(5)78)73(92-57(6)79)69(52-90-55(4)77)93-74(67)89-49-19-16-24-71(83)88-48-18-11-13-23-70(82)87-47-17-10-12-22-68(81)59-39-42-75(43-40-59,44-41-63(80)32-25-54(3)51-58-20-14-15-21-58)45-46-76(60-26-33-64(84-7)34-27-60,61-28-35-65(85-8)36-29-61)62-30-37-66(86-9)38-31-62/h26-31,33-38,53-54,58-59,67,69,72-74H,10-25,32,39-52H2,1-9H3/t54?,59?,67-,69+,72-,73-,74-,75?/m1/s1. The lowest BCUT2D eigenvalue weighted by atomic mass is 9.59. The number of carbonyl (C=O) groups is 7. The van der Waals surface area contributed by atoms with E-state index in [-0.39, 0.29) is 61.9 Å². The minimum atomic E-state index is -1.02. The van der Waals surface area contributed by atoms with E-state index in [1.807, 2.05) is 50.2 Å². The summed E-state index contributed by atoms with van der Waals surface area (Å²) >= 11 is 0. The van der Waals surface area contributed by atoms with Gasteiger partial charge in [-0.2, -0.15) is 0 Å². The second-order valence-corrected chi connectivity index (χ2v) is 27.1. The number of ketones is 2. The molecule has 516 valence electrons. The highest BCUT2D eigenvalue weighted by Gasteiger charge is 2.51. The number of Topliss-reactive ketones (excluding diaryl/α,β-unsaturated/α-hetero) is 2. The third-order valence-corrected chi connectivity index (χ3v) is 19.6. The highest BCUT2D eigenvalue weighted by molar-refractivity contribution is 5.81. The second-order valence-electron chi connectivity index (χ2n) is 27.1. The number of ether oxygens (including phenoxy) is 10. The van der Waals surface area contributed by atoms with Gasteiger partial charge in [-0.25, -0.2) is 0 Å². The number of hydrogen-bond acceptors (Lipinski definition) is 17. The molecule has 0 spiro atoms. The summed E-state index contributed by atoms with van der Waals surface area (Å²) in [5.41, 5.74) is 2.71. The van der Waals surface area contributed by atoms with Gasteiger partial charge in [-0.15, -0.1) is 0 Å².